The maximum Gasteiger partial charge on any atom is 0.0934 e. The average Bonchev–Trinajstić information content (AvgIpc) is 2.96. The molecule has 1 nitrogen and oxygen atoms in total. The van der Waals surface area contributed by atoms with E-state index in [4.69, 9.17) is 4.42 Å². The van der Waals surface area contributed by atoms with Crippen LogP contribution in [0, 0.1) is 11.3 Å². The predicted molar refractivity (Wildman–Crippen MR) is 90.3 cm³/mol. The van der Waals surface area contributed by atoms with E-state index in [9.17, 15) is 0 Å². The number of hydrogen-bond acceptors (Lipinski definition) is 1. The first-order valence-electron chi connectivity index (χ1n) is 8.36. The van der Waals surface area contributed by atoms with Crippen LogP contribution < -0.4 is 0 Å². The molecule has 1 aliphatic rings. The first-order valence-corrected chi connectivity index (χ1v) is 8.36. The van der Waals surface area contributed by atoms with Gasteiger partial charge in [-0.25, -0.2) is 0 Å². The minimum Gasteiger partial charge on any atom is -0.472 e. The summed E-state index contributed by atoms with van der Waals surface area (Å²) >= 11 is 0. The summed E-state index contributed by atoms with van der Waals surface area (Å²) in [4.78, 5) is 0. The summed E-state index contributed by atoms with van der Waals surface area (Å²) in [6.45, 7) is 9.49. The number of rotatable bonds is 6. The van der Waals surface area contributed by atoms with Crippen LogP contribution in [0.3, 0.4) is 0 Å². The fourth-order valence-electron chi connectivity index (χ4n) is 3.41. The summed E-state index contributed by atoms with van der Waals surface area (Å²) in [7, 11) is 0. The molecule has 0 radical (unpaired) electrons. The zero-order valence-corrected chi connectivity index (χ0v) is 14.1. The van der Waals surface area contributed by atoms with E-state index < -0.39 is 0 Å². The molecule has 0 fully saturated rings. The first kappa shape index (κ1) is 16.1. The molecular formula is C20H30O. The molecule has 2 unspecified atom stereocenters. The largest absolute Gasteiger partial charge is 0.472 e. The Morgan fingerprint density at radius 1 is 1.48 bits per heavy atom. The van der Waals surface area contributed by atoms with Crippen LogP contribution in [-0.2, 0) is 6.42 Å². The molecule has 0 aromatic carbocycles. The van der Waals surface area contributed by atoms with Crippen molar-refractivity contribution in [2.45, 2.75) is 66.2 Å². The van der Waals surface area contributed by atoms with Gasteiger partial charge >= 0.3 is 0 Å². The van der Waals surface area contributed by atoms with Gasteiger partial charge in [0.25, 0.3) is 0 Å². The molecule has 0 amide bonds. The first-order chi connectivity index (χ1) is 10.0. The molecule has 116 valence electrons. The minimum atomic E-state index is 0.401. The molecule has 0 saturated heterocycles. The Labute approximate surface area is 130 Å². The van der Waals surface area contributed by atoms with Gasteiger partial charge in [-0.3, -0.25) is 0 Å². The van der Waals surface area contributed by atoms with Crippen LogP contribution >= 0.6 is 0 Å². The normalized spacial score (nSPS) is 26.8. The van der Waals surface area contributed by atoms with Gasteiger partial charge in [0.15, 0.2) is 0 Å². The lowest BCUT2D eigenvalue weighted by molar-refractivity contribution is 0.211. The second-order valence-corrected chi connectivity index (χ2v) is 7.00. The van der Waals surface area contributed by atoms with Crippen molar-refractivity contribution >= 4 is 0 Å². The van der Waals surface area contributed by atoms with Crippen molar-refractivity contribution in [3.8, 4) is 0 Å². The van der Waals surface area contributed by atoms with Crippen LogP contribution in [0.4, 0.5) is 0 Å². The molecule has 0 N–H and O–H groups in total. The van der Waals surface area contributed by atoms with E-state index in [-0.39, 0.29) is 0 Å². The highest BCUT2D eigenvalue weighted by Gasteiger charge is 2.34. The third kappa shape index (κ3) is 4.12. The van der Waals surface area contributed by atoms with Gasteiger partial charge < -0.3 is 4.42 Å². The summed E-state index contributed by atoms with van der Waals surface area (Å²) in [5.74, 6) is 0.807. The summed E-state index contributed by atoms with van der Waals surface area (Å²) in [6.07, 6.45) is 15.8. The monoisotopic (exact) mass is 286 g/mol. The van der Waals surface area contributed by atoms with Gasteiger partial charge in [-0.2, -0.15) is 0 Å². The highest BCUT2D eigenvalue weighted by molar-refractivity contribution is 5.17. The standard InChI is InChI=1S/C20H30O/c1-16(7-5-10-19-12-14-21-15-19)11-13-20(4)17(2)8-6-9-18(20)3/h7-8,12,14-15,18H,5-6,9-11,13H2,1-4H3. The van der Waals surface area contributed by atoms with Gasteiger partial charge in [0.05, 0.1) is 12.5 Å². The highest BCUT2D eigenvalue weighted by Crippen LogP contribution is 2.45. The van der Waals surface area contributed by atoms with Gasteiger partial charge in [-0.15, -0.1) is 0 Å². The van der Waals surface area contributed by atoms with E-state index in [1.807, 2.05) is 6.26 Å². The number of hydrogen-bond donors (Lipinski definition) is 0. The summed E-state index contributed by atoms with van der Waals surface area (Å²) < 4.78 is 5.11. The lowest BCUT2D eigenvalue weighted by atomic mass is 9.65. The Hall–Kier alpha value is -1.24. The van der Waals surface area contributed by atoms with Crippen LogP contribution in [-0.4, -0.2) is 0 Å². The maximum absolute atomic E-state index is 5.11. The molecule has 1 heteroatoms. The molecule has 0 saturated carbocycles. The fraction of sp³-hybridized carbons (Fsp3) is 0.600. The van der Waals surface area contributed by atoms with Crippen molar-refractivity contribution in [3.63, 3.8) is 0 Å². The van der Waals surface area contributed by atoms with Gasteiger partial charge in [0, 0.05) is 0 Å². The van der Waals surface area contributed by atoms with Crippen LogP contribution in [0.2, 0.25) is 0 Å². The van der Waals surface area contributed by atoms with Crippen LogP contribution in [0.15, 0.2) is 46.3 Å². The predicted octanol–water partition coefficient (Wildman–Crippen LogP) is 6.32. The van der Waals surface area contributed by atoms with E-state index in [2.05, 4.69) is 45.9 Å². The third-order valence-corrected chi connectivity index (χ3v) is 5.58. The summed E-state index contributed by atoms with van der Waals surface area (Å²) in [6, 6.07) is 2.06. The Bertz CT molecular complexity index is 492. The SMILES string of the molecule is CC(=CCCc1ccoc1)CCC1(C)C(C)=CCCC1C. The van der Waals surface area contributed by atoms with Crippen molar-refractivity contribution in [3.05, 3.63) is 47.5 Å². The number of furan rings is 1. The van der Waals surface area contributed by atoms with Gasteiger partial charge in [0.1, 0.15) is 0 Å². The second-order valence-electron chi connectivity index (χ2n) is 7.00. The highest BCUT2D eigenvalue weighted by atomic mass is 16.3. The lowest BCUT2D eigenvalue weighted by Gasteiger charge is -2.40. The average molecular weight is 286 g/mol. The maximum atomic E-state index is 5.11. The van der Waals surface area contributed by atoms with Crippen LogP contribution in [0.1, 0.15) is 65.4 Å². The molecule has 0 spiro atoms. The zero-order valence-electron chi connectivity index (χ0n) is 14.1. The van der Waals surface area contributed by atoms with E-state index in [0.717, 1.165) is 18.8 Å². The smallest absolute Gasteiger partial charge is 0.0934 e. The third-order valence-electron chi connectivity index (χ3n) is 5.58. The molecule has 0 aliphatic heterocycles. The van der Waals surface area contributed by atoms with E-state index >= 15 is 0 Å². The number of aryl methyl sites for hydroxylation is 1. The van der Waals surface area contributed by atoms with Crippen molar-refractivity contribution in [1.82, 2.24) is 0 Å². The Balaban J connectivity index is 1.83. The number of allylic oxidation sites excluding steroid dienone is 4. The van der Waals surface area contributed by atoms with Crippen LogP contribution in [0.25, 0.3) is 0 Å². The van der Waals surface area contributed by atoms with Crippen molar-refractivity contribution < 1.29 is 4.42 Å². The lowest BCUT2D eigenvalue weighted by Crippen LogP contribution is -2.29. The molecule has 1 aromatic heterocycles. The molecule has 2 atom stereocenters. The molecule has 0 bridgehead atoms. The van der Waals surface area contributed by atoms with Gasteiger partial charge in [-0.1, -0.05) is 37.1 Å². The Morgan fingerprint density at radius 3 is 2.95 bits per heavy atom. The van der Waals surface area contributed by atoms with E-state index in [1.165, 1.54) is 36.8 Å². The minimum absolute atomic E-state index is 0.401. The summed E-state index contributed by atoms with van der Waals surface area (Å²) in [5, 5.41) is 0. The van der Waals surface area contributed by atoms with Gasteiger partial charge in [0.2, 0.25) is 0 Å². The quantitative estimate of drug-likeness (QED) is 0.557. The fourth-order valence-corrected chi connectivity index (χ4v) is 3.41. The van der Waals surface area contributed by atoms with Crippen molar-refractivity contribution in [2.75, 3.05) is 0 Å². The molecule has 1 aromatic rings. The second kappa shape index (κ2) is 7.15. The van der Waals surface area contributed by atoms with Gasteiger partial charge in [-0.05, 0) is 75.3 Å². The Morgan fingerprint density at radius 2 is 2.29 bits per heavy atom. The zero-order chi connectivity index (χ0) is 15.3. The van der Waals surface area contributed by atoms with Crippen LogP contribution in [0.5, 0.6) is 0 Å². The van der Waals surface area contributed by atoms with E-state index in [1.54, 1.807) is 11.8 Å². The summed E-state index contributed by atoms with van der Waals surface area (Å²) in [5.41, 5.74) is 4.83. The molecule has 1 heterocycles. The van der Waals surface area contributed by atoms with Crippen molar-refractivity contribution in [2.24, 2.45) is 11.3 Å². The van der Waals surface area contributed by atoms with E-state index in [0.29, 0.717) is 5.41 Å². The topological polar surface area (TPSA) is 13.1 Å². The Kier molecular flexibility index (Phi) is 5.50. The molecular weight excluding hydrogens is 256 g/mol. The molecule has 2 rings (SSSR count). The molecule has 21 heavy (non-hydrogen) atoms. The van der Waals surface area contributed by atoms with Crippen molar-refractivity contribution in [1.29, 1.82) is 0 Å². The molecule has 1 aliphatic carbocycles.